The largest absolute Gasteiger partial charge is 0.414 e. The van der Waals surface area contributed by atoms with Gasteiger partial charge in [0, 0.05) is 6.10 Å². The quantitative estimate of drug-likeness (QED) is 0.407. The zero-order valence-electron chi connectivity index (χ0n) is 22.9. The van der Waals surface area contributed by atoms with Gasteiger partial charge in [-0.25, -0.2) is 0 Å². The van der Waals surface area contributed by atoms with Gasteiger partial charge in [-0.05, 0) is 68.9 Å². The normalized spacial score (nSPS) is 24.8. The van der Waals surface area contributed by atoms with E-state index in [9.17, 15) is 14.7 Å². The van der Waals surface area contributed by atoms with Crippen LogP contribution in [0.4, 0.5) is 0 Å². The molecule has 0 aromatic carbocycles. The van der Waals surface area contributed by atoms with Crippen LogP contribution in [0.5, 0.6) is 0 Å². The number of hydrogen-bond acceptors (Lipinski definition) is 5. The van der Waals surface area contributed by atoms with Crippen molar-refractivity contribution >= 4 is 28.4 Å². The molecule has 1 aliphatic carbocycles. The van der Waals surface area contributed by atoms with E-state index in [2.05, 4.69) is 73.0 Å². The first-order valence-electron chi connectivity index (χ1n) is 12.3. The average molecular weight is 503 g/mol. The fraction of sp³-hybridized carbons (Fsp3) is 0.917. The zero-order chi connectivity index (χ0) is 26.0. The van der Waals surface area contributed by atoms with Crippen LogP contribution in [0.2, 0.25) is 36.3 Å². The lowest BCUT2D eigenvalue weighted by Crippen LogP contribution is -2.59. The van der Waals surface area contributed by atoms with Gasteiger partial charge in [0.1, 0.15) is 6.04 Å². The third-order valence-corrected chi connectivity index (χ3v) is 17.4. The van der Waals surface area contributed by atoms with Crippen LogP contribution in [0.1, 0.15) is 74.1 Å². The number of amides is 2. The standard InChI is InChI=1S/C24H50N2O5Si2/c1-17(30-32(8,9)22(2,3)4)19(20(25)28)26-21(29)24(16-27)14-12-18(13-15-24)31-33(10,11)23(5,6)7/h17-19,27H,12-16H2,1-11H3,(H2,25,28)(H,26,29)/t17-,18?,19+,24?/m1/s1. The molecule has 2 amide bonds. The Kier molecular flexibility index (Phi) is 9.61. The third-order valence-electron chi connectivity index (χ3n) is 8.29. The van der Waals surface area contributed by atoms with Crippen LogP contribution in [0.25, 0.3) is 0 Å². The summed E-state index contributed by atoms with van der Waals surface area (Å²) in [5, 5.41) is 13.1. The van der Waals surface area contributed by atoms with Crippen LogP contribution in [0.3, 0.4) is 0 Å². The topological polar surface area (TPSA) is 111 Å². The lowest BCUT2D eigenvalue weighted by Gasteiger charge is -2.44. The van der Waals surface area contributed by atoms with Crippen molar-refractivity contribution in [2.45, 2.75) is 129 Å². The fourth-order valence-electron chi connectivity index (χ4n) is 3.74. The minimum atomic E-state index is -2.16. The van der Waals surface area contributed by atoms with Gasteiger partial charge in [0.05, 0.1) is 18.1 Å². The molecule has 1 aliphatic rings. The molecule has 7 nitrogen and oxygen atoms in total. The maximum Gasteiger partial charge on any atom is 0.242 e. The molecule has 0 heterocycles. The Morgan fingerprint density at radius 3 is 1.85 bits per heavy atom. The van der Waals surface area contributed by atoms with E-state index in [1.54, 1.807) is 6.92 Å². The molecule has 194 valence electrons. The van der Waals surface area contributed by atoms with Crippen LogP contribution in [-0.2, 0) is 18.4 Å². The van der Waals surface area contributed by atoms with Crippen molar-refractivity contribution in [3.05, 3.63) is 0 Å². The van der Waals surface area contributed by atoms with Crippen molar-refractivity contribution in [3.8, 4) is 0 Å². The monoisotopic (exact) mass is 502 g/mol. The molecule has 1 fully saturated rings. The Labute approximate surface area is 203 Å². The summed E-state index contributed by atoms with van der Waals surface area (Å²) in [6, 6.07) is -0.948. The van der Waals surface area contributed by atoms with E-state index >= 15 is 0 Å². The minimum absolute atomic E-state index is 0.0394. The minimum Gasteiger partial charge on any atom is -0.414 e. The third kappa shape index (κ3) is 7.37. The second-order valence-electron chi connectivity index (χ2n) is 13.0. The molecule has 0 aromatic rings. The summed E-state index contributed by atoms with van der Waals surface area (Å²) in [4.78, 5) is 25.6. The van der Waals surface area contributed by atoms with Crippen LogP contribution in [0, 0.1) is 5.41 Å². The number of aliphatic hydroxyl groups excluding tert-OH is 1. The first kappa shape index (κ1) is 30.3. The molecule has 0 saturated heterocycles. The van der Waals surface area contributed by atoms with Crippen LogP contribution < -0.4 is 11.1 Å². The number of nitrogens with one attached hydrogen (secondary N) is 1. The number of carbonyl (C=O) groups is 2. The zero-order valence-corrected chi connectivity index (χ0v) is 24.9. The molecule has 0 radical (unpaired) electrons. The summed E-state index contributed by atoms with van der Waals surface area (Å²) < 4.78 is 12.9. The van der Waals surface area contributed by atoms with Crippen molar-refractivity contribution in [3.63, 3.8) is 0 Å². The Morgan fingerprint density at radius 2 is 1.48 bits per heavy atom. The molecule has 4 N–H and O–H groups in total. The summed E-state index contributed by atoms with van der Waals surface area (Å²) >= 11 is 0. The molecule has 2 atom stereocenters. The molecule has 0 spiro atoms. The lowest BCUT2D eigenvalue weighted by molar-refractivity contribution is -0.141. The molecule has 1 rings (SSSR count). The smallest absolute Gasteiger partial charge is 0.242 e. The first-order valence-corrected chi connectivity index (χ1v) is 18.1. The Balaban J connectivity index is 2.91. The van der Waals surface area contributed by atoms with E-state index in [1.165, 1.54) is 0 Å². The van der Waals surface area contributed by atoms with Gasteiger partial charge in [-0.2, -0.15) is 0 Å². The number of nitrogens with two attached hydrogens (primary N) is 1. The molecule has 0 unspecified atom stereocenters. The molecular weight excluding hydrogens is 452 g/mol. The molecular formula is C24H50N2O5Si2. The molecule has 0 aromatic heterocycles. The highest BCUT2D eigenvalue weighted by Gasteiger charge is 2.47. The van der Waals surface area contributed by atoms with E-state index in [4.69, 9.17) is 14.6 Å². The number of hydrogen-bond donors (Lipinski definition) is 3. The summed E-state index contributed by atoms with van der Waals surface area (Å²) in [7, 11) is -4.07. The van der Waals surface area contributed by atoms with E-state index in [0.717, 1.165) is 0 Å². The summed E-state index contributed by atoms with van der Waals surface area (Å²) in [6.45, 7) is 23.2. The Morgan fingerprint density at radius 1 is 1.03 bits per heavy atom. The van der Waals surface area contributed by atoms with Gasteiger partial charge in [0.2, 0.25) is 11.8 Å². The van der Waals surface area contributed by atoms with E-state index in [0.29, 0.717) is 25.7 Å². The van der Waals surface area contributed by atoms with E-state index < -0.39 is 40.1 Å². The molecule has 0 bridgehead atoms. The molecule has 1 saturated carbocycles. The number of aliphatic hydroxyl groups is 1. The molecule has 0 aliphatic heterocycles. The van der Waals surface area contributed by atoms with Gasteiger partial charge >= 0.3 is 0 Å². The predicted octanol–water partition coefficient (Wildman–Crippen LogP) is 4.31. The van der Waals surface area contributed by atoms with Crippen molar-refractivity contribution in [2.75, 3.05) is 6.61 Å². The van der Waals surface area contributed by atoms with Crippen molar-refractivity contribution in [2.24, 2.45) is 11.1 Å². The highest BCUT2D eigenvalue weighted by molar-refractivity contribution is 6.74. The Hall–Kier alpha value is -0.746. The average Bonchev–Trinajstić information content (AvgIpc) is 2.63. The van der Waals surface area contributed by atoms with Gasteiger partial charge in [0.15, 0.2) is 16.6 Å². The maximum atomic E-state index is 13.3. The van der Waals surface area contributed by atoms with E-state index in [-0.39, 0.29) is 28.7 Å². The number of carbonyl (C=O) groups excluding carboxylic acids is 2. The fourth-order valence-corrected chi connectivity index (χ4v) is 6.58. The highest BCUT2D eigenvalue weighted by atomic mass is 28.4. The number of rotatable bonds is 9. The van der Waals surface area contributed by atoms with Gasteiger partial charge < -0.3 is 25.0 Å². The van der Waals surface area contributed by atoms with Crippen LogP contribution in [0.15, 0.2) is 0 Å². The lowest BCUT2D eigenvalue weighted by atomic mass is 9.73. The first-order chi connectivity index (χ1) is 14.7. The van der Waals surface area contributed by atoms with Crippen LogP contribution >= 0.6 is 0 Å². The van der Waals surface area contributed by atoms with E-state index in [1.807, 2.05) is 0 Å². The van der Waals surface area contributed by atoms with Gasteiger partial charge in [-0.3, -0.25) is 9.59 Å². The van der Waals surface area contributed by atoms with Crippen molar-refractivity contribution in [1.82, 2.24) is 5.32 Å². The SMILES string of the molecule is C[C@@H](O[Si](C)(C)C(C)(C)C)[C@H](NC(=O)C1(CO)CCC(O[Si](C)(C)C(C)(C)C)CC1)C(N)=O. The highest BCUT2D eigenvalue weighted by Crippen LogP contribution is 2.43. The second-order valence-corrected chi connectivity index (χ2v) is 22.5. The van der Waals surface area contributed by atoms with Crippen molar-refractivity contribution in [1.29, 1.82) is 0 Å². The summed E-state index contributed by atoms with van der Waals surface area (Å²) in [5.74, 6) is -0.956. The number of primary amides is 1. The molecule has 9 heteroatoms. The van der Waals surface area contributed by atoms with Gasteiger partial charge in [-0.1, -0.05) is 41.5 Å². The maximum absolute atomic E-state index is 13.3. The van der Waals surface area contributed by atoms with Gasteiger partial charge in [0.25, 0.3) is 0 Å². The van der Waals surface area contributed by atoms with Crippen LogP contribution in [-0.4, -0.2) is 58.4 Å². The predicted molar refractivity (Wildman–Crippen MR) is 139 cm³/mol. The van der Waals surface area contributed by atoms with Crippen molar-refractivity contribution < 1.29 is 23.5 Å². The molecule has 33 heavy (non-hydrogen) atoms. The summed E-state index contributed by atoms with van der Waals surface area (Å²) in [6.07, 6.45) is 1.97. The Bertz CT molecular complexity index is 690. The summed E-state index contributed by atoms with van der Waals surface area (Å²) in [5.41, 5.74) is 4.73. The van der Waals surface area contributed by atoms with Gasteiger partial charge in [-0.15, -0.1) is 0 Å². The second kappa shape index (κ2) is 10.5.